The number of unbranched alkanes of at least 4 members (excludes halogenated alkanes) is 2. The van der Waals surface area contributed by atoms with E-state index in [4.69, 9.17) is 0 Å². The summed E-state index contributed by atoms with van der Waals surface area (Å²) in [5.41, 5.74) is 0.978. The molecular weight excluding hydrogens is 236 g/mol. The first-order chi connectivity index (χ1) is 9.35. The molecule has 2 N–H and O–H groups in total. The zero-order valence-corrected chi connectivity index (χ0v) is 11.7. The predicted octanol–water partition coefficient (Wildman–Crippen LogP) is 3.66. The topological polar surface area (TPSA) is 49.8 Å². The van der Waals surface area contributed by atoms with Gasteiger partial charge >= 0.3 is 0 Å². The third-order valence-electron chi connectivity index (χ3n) is 3.01. The lowest BCUT2D eigenvalue weighted by Gasteiger charge is -2.11. The van der Waals surface area contributed by atoms with Crippen LogP contribution in [-0.4, -0.2) is 23.1 Å². The van der Waals surface area contributed by atoms with Crippen LogP contribution in [0, 0.1) is 0 Å². The van der Waals surface area contributed by atoms with E-state index >= 15 is 0 Å². The summed E-state index contributed by atoms with van der Waals surface area (Å²) in [6, 6.07) is 8.12. The minimum absolute atomic E-state index is 0.694. The van der Waals surface area contributed by atoms with Gasteiger partial charge in [-0.1, -0.05) is 31.9 Å². The number of hydrogen-bond acceptors (Lipinski definition) is 4. The fourth-order valence-corrected chi connectivity index (χ4v) is 2.03. The Morgan fingerprint density at radius 3 is 2.63 bits per heavy atom. The van der Waals surface area contributed by atoms with E-state index in [-0.39, 0.29) is 0 Å². The third-order valence-corrected chi connectivity index (χ3v) is 3.01. The van der Waals surface area contributed by atoms with Crippen LogP contribution in [0.2, 0.25) is 0 Å². The normalized spacial score (nSPS) is 10.6. The summed E-state index contributed by atoms with van der Waals surface area (Å²) in [6.45, 7) is 6.05. The molecule has 0 radical (unpaired) electrons. The molecule has 1 aromatic carbocycles. The van der Waals surface area contributed by atoms with Gasteiger partial charge in [-0.05, 0) is 25.5 Å². The Kier molecular flexibility index (Phi) is 4.95. The van der Waals surface area contributed by atoms with Gasteiger partial charge in [-0.15, -0.1) is 0 Å². The third kappa shape index (κ3) is 3.56. The number of aromatic nitrogens is 2. The minimum Gasteiger partial charge on any atom is -0.369 e. The number of rotatable bonds is 7. The van der Waals surface area contributed by atoms with E-state index in [1.54, 1.807) is 0 Å². The highest BCUT2D eigenvalue weighted by atomic mass is 15.1. The van der Waals surface area contributed by atoms with Crippen LogP contribution in [0.4, 0.5) is 11.8 Å². The molecule has 102 valence electrons. The van der Waals surface area contributed by atoms with Gasteiger partial charge in [0.15, 0.2) is 0 Å². The molecule has 0 bridgehead atoms. The van der Waals surface area contributed by atoms with Crippen LogP contribution >= 0.6 is 0 Å². The van der Waals surface area contributed by atoms with Crippen LogP contribution in [0.3, 0.4) is 0 Å². The van der Waals surface area contributed by atoms with Crippen molar-refractivity contribution in [2.45, 2.75) is 33.1 Å². The highest BCUT2D eigenvalue weighted by Gasteiger charge is 2.06. The summed E-state index contributed by atoms with van der Waals surface area (Å²) in [7, 11) is 0. The van der Waals surface area contributed by atoms with Crippen molar-refractivity contribution in [3.05, 3.63) is 24.3 Å². The van der Waals surface area contributed by atoms with Gasteiger partial charge in [0.25, 0.3) is 0 Å². The molecule has 0 spiro atoms. The smallest absolute Gasteiger partial charge is 0.225 e. The second kappa shape index (κ2) is 6.92. The summed E-state index contributed by atoms with van der Waals surface area (Å²) in [5.74, 6) is 1.62. The molecule has 0 fully saturated rings. The molecule has 1 aromatic heterocycles. The van der Waals surface area contributed by atoms with Gasteiger partial charge in [-0.2, -0.15) is 4.98 Å². The minimum atomic E-state index is 0.694. The van der Waals surface area contributed by atoms with Gasteiger partial charge in [0.1, 0.15) is 5.82 Å². The Labute approximate surface area is 114 Å². The number of anilines is 2. The monoisotopic (exact) mass is 258 g/mol. The summed E-state index contributed by atoms with van der Waals surface area (Å²) in [5, 5.41) is 7.69. The van der Waals surface area contributed by atoms with Crippen LogP contribution in [-0.2, 0) is 0 Å². The first-order valence-electron chi connectivity index (χ1n) is 7.09. The number of fused-ring (bicyclic) bond motifs is 1. The fourth-order valence-electron chi connectivity index (χ4n) is 2.03. The fraction of sp³-hybridized carbons (Fsp3) is 0.467. The molecular formula is C15H22N4. The molecule has 0 aliphatic carbocycles. The lowest BCUT2D eigenvalue weighted by molar-refractivity contribution is 0.742. The van der Waals surface area contributed by atoms with Crippen LogP contribution < -0.4 is 10.6 Å². The van der Waals surface area contributed by atoms with Gasteiger partial charge in [-0.3, -0.25) is 0 Å². The van der Waals surface area contributed by atoms with Crippen molar-refractivity contribution in [3.63, 3.8) is 0 Å². The van der Waals surface area contributed by atoms with Gasteiger partial charge in [0.2, 0.25) is 5.95 Å². The molecule has 1 heterocycles. The number of nitrogens with zero attached hydrogens (tertiary/aromatic N) is 2. The molecule has 0 aliphatic rings. The van der Waals surface area contributed by atoms with E-state index in [1.165, 1.54) is 19.3 Å². The second-order valence-electron chi connectivity index (χ2n) is 4.58. The molecule has 4 nitrogen and oxygen atoms in total. The second-order valence-corrected chi connectivity index (χ2v) is 4.58. The lowest BCUT2D eigenvalue weighted by atomic mass is 10.2. The largest absolute Gasteiger partial charge is 0.369 e. The molecule has 4 heteroatoms. The van der Waals surface area contributed by atoms with E-state index in [1.807, 2.05) is 25.1 Å². The zero-order valence-electron chi connectivity index (χ0n) is 11.7. The summed E-state index contributed by atoms with van der Waals surface area (Å²) in [4.78, 5) is 9.06. The maximum Gasteiger partial charge on any atom is 0.225 e. The van der Waals surface area contributed by atoms with Gasteiger partial charge in [0.05, 0.1) is 5.52 Å². The summed E-state index contributed by atoms with van der Waals surface area (Å²) < 4.78 is 0. The van der Waals surface area contributed by atoms with E-state index in [0.717, 1.165) is 29.8 Å². The molecule has 0 saturated heterocycles. The first-order valence-corrected chi connectivity index (χ1v) is 7.09. The molecule has 0 unspecified atom stereocenters. The zero-order chi connectivity index (χ0) is 13.5. The molecule has 0 atom stereocenters. The Balaban J connectivity index is 2.23. The molecule has 19 heavy (non-hydrogen) atoms. The van der Waals surface area contributed by atoms with Crippen molar-refractivity contribution in [1.29, 1.82) is 0 Å². The van der Waals surface area contributed by atoms with Crippen molar-refractivity contribution in [2.75, 3.05) is 23.7 Å². The molecule has 0 amide bonds. The van der Waals surface area contributed by atoms with Gasteiger partial charge in [0, 0.05) is 18.5 Å². The van der Waals surface area contributed by atoms with E-state index in [0.29, 0.717) is 5.95 Å². The van der Waals surface area contributed by atoms with Crippen LogP contribution in [0.1, 0.15) is 33.1 Å². The molecule has 2 aromatic rings. The maximum atomic E-state index is 4.55. The van der Waals surface area contributed by atoms with E-state index < -0.39 is 0 Å². The van der Waals surface area contributed by atoms with Crippen molar-refractivity contribution in [1.82, 2.24) is 9.97 Å². The van der Waals surface area contributed by atoms with Crippen molar-refractivity contribution in [2.24, 2.45) is 0 Å². The van der Waals surface area contributed by atoms with Crippen molar-refractivity contribution >= 4 is 22.7 Å². The standard InChI is InChI=1S/C15H22N4/c1-3-5-8-11-17-14-12-9-6-7-10-13(12)18-15(19-14)16-4-2/h6-7,9-10H,3-5,8,11H2,1-2H3,(H2,16,17,18,19). The summed E-state index contributed by atoms with van der Waals surface area (Å²) in [6.07, 6.45) is 3.65. The quantitative estimate of drug-likeness (QED) is 0.744. The average Bonchev–Trinajstić information content (AvgIpc) is 2.44. The van der Waals surface area contributed by atoms with Crippen molar-refractivity contribution in [3.8, 4) is 0 Å². The number of para-hydroxylation sites is 1. The van der Waals surface area contributed by atoms with Gasteiger partial charge < -0.3 is 10.6 Å². The Morgan fingerprint density at radius 2 is 1.84 bits per heavy atom. The van der Waals surface area contributed by atoms with Crippen LogP contribution in [0.25, 0.3) is 10.9 Å². The summed E-state index contributed by atoms with van der Waals surface area (Å²) >= 11 is 0. The van der Waals surface area contributed by atoms with Crippen LogP contribution in [0.5, 0.6) is 0 Å². The lowest BCUT2D eigenvalue weighted by Crippen LogP contribution is -2.08. The van der Waals surface area contributed by atoms with Gasteiger partial charge in [-0.25, -0.2) is 4.98 Å². The first kappa shape index (κ1) is 13.6. The van der Waals surface area contributed by atoms with E-state index in [9.17, 15) is 0 Å². The van der Waals surface area contributed by atoms with Crippen molar-refractivity contribution < 1.29 is 0 Å². The van der Waals surface area contributed by atoms with Crippen LogP contribution in [0.15, 0.2) is 24.3 Å². The molecule has 0 aliphatic heterocycles. The Morgan fingerprint density at radius 1 is 1.00 bits per heavy atom. The number of nitrogens with one attached hydrogen (secondary N) is 2. The highest BCUT2D eigenvalue weighted by molar-refractivity contribution is 5.89. The average molecular weight is 258 g/mol. The Bertz CT molecular complexity index is 525. The number of hydrogen-bond donors (Lipinski definition) is 2. The molecule has 2 rings (SSSR count). The van der Waals surface area contributed by atoms with E-state index in [2.05, 4.69) is 33.6 Å². The number of benzene rings is 1. The molecule has 0 saturated carbocycles. The Hall–Kier alpha value is -1.84. The SMILES string of the molecule is CCCCCNc1nc(NCC)nc2ccccc12. The maximum absolute atomic E-state index is 4.55. The highest BCUT2D eigenvalue weighted by Crippen LogP contribution is 2.21. The predicted molar refractivity (Wildman–Crippen MR) is 81.7 cm³/mol.